The lowest BCUT2D eigenvalue weighted by atomic mass is 9.95. The van der Waals surface area contributed by atoms with Crippen molar-refractivity contribution in [3.8, 4) is 12.3 Å². The molecule has 3 unspecified atom stereocenters. The largest absolute Gasteiger partial charge is 0.444 e. The number of rotatable bonds is 8. The van der Waals surface area contributed by atoms with Crippen LogP contribution in [0, 0.1) is 18.3 Å². The average molecular weight is 472 g/mol. The van der Waals surface area contributed by atoms with Gasteiger partial charge < -0.3 is 20.3 Å². The SMILES string of the molecule is C#Cc1ccc(C(C(=O)NC(C)(C)C)N(CC)C(=O)C(NC(=O)OC(C)(C)C)C(C)CC)cc1. The van der Waals surface area contributed by atoms with E-state index in [4.69, 9.17) is 11.2 Å². The molecule has 3 atom stereocenters. The number of ether oxygens (including phenoxy) is 1. The first-order valence-electron chi connectivity index (χ1n) is 11.8. The second kappa shape index (κ2) is 11.9. The summed E-state index contributed by atoms with van der Waals surface area (Å²) in [5.41, 5.74) is 0.112. The van der Waals surface area contributed by atoms with E-state index in [0.29, 0.717) is 17.5 Å². The first-order chi connectivity index (χ1) is 15.6. The van der Waals surface area contributed by atoms with Crippen molar-refractivity contribution in [1.82, 2.24) is 15.5 Å². The molecule has 0 aliphatic heterocycles. The third-order valence-electron chi connectivity index (χ3n) is 5.23. The van der Waals surface area contributed by atoms with Gasteiger partial charge in [-0.05, 0) is 72.1 Å². The molecule has 0 spiro atoms. The van der Waals surface area contributed by atoms with Crippen molar-refractivity contribution in [2.45, 2.75) is 92.0 Å². The number of amides is 3. The summed E-state index contributed by atoms with van der Waals surface area (Å²) in [7, 11) is 0. The minimum Gasteiger partial charge on any atom is -0.444 e. The van der Waals surface area contributed by atoms with Crippen LogP contribution in [-0.4, -0.2) is 46.5 Å². The lowest BCUT2D eigenvalue weighted by molar-refractivity contribution is -0.143. The van der Waals surface area contributed by atoms with Gasteiger partial charge in [0, 0.05) is 17.6 Å². The fourth-order valence-corrected chi connectivity index (χ4v) is 3.43. The van der Waals surface area contributed by atoms with Gasteiger partial charge in [-0.3, -0.25) is 9.59 Å². The molecule has 0 fully saturated rings. The maximum atomic E-state index is 13.8. The van der Waals surface area contributed by atoms with E-state index in [-0.39, 0.29) is 24.3 Å². The Hall–Kier alpha value is -3.01. The molecule has 2 N–H and O–H groups in total. The number of hydrogen-bond donors (Lipinski definition) is 2. The summed E-state index contributed by atoms with van der Waals surface area (Å²) >= 11 is 0. The molecular weight excluding hydrogens is 430 g/mol. The zero-order valence-electron chi connectivity index (χ0n) is 22.1. The molecule has 188 valence electrons. The first-order valence-corrected chi connectivity index (χ1v) is 11.8. The van der Waals surface area contributed by atoms with Crippen LogP contribution >= 0.6 is 0 Å². The highest BCUT2D eigenvalue weighted by molar-refractivity contribution is 5.92. The molecule has 1 aromatic rings. The van der Waals surface area contributed by atoms with E-state index >= 15 is 0 Å². The van der Waals surface area contributed by atoms with Crippen LogP contribution in [0.15, 0.2) is 24.3 Å². The molecule has 34 heavy (non-hydrogen) atoms. The second-order valence-corrected chi connectivity index (χ2v) is 10.5. The Labute approximate surface area is 205 Å². The summed E-state index contributed by atoms with van der Waals surface area (Å²) < 4.78 is 5.39. The van der Waals surface area contributed by atoms with Gasteiger partial charge in [-0.15, -0.1) is 6.42 Å². The van der Waals surface area contributed by atoms with E-state index in [9.17, 15) is 14.4 Å². The summed E-state index contributed by atoms with van der Waals surface area (Å²) in [4.78, 5) is 41.3. The van der Waals surface area contributed by atoms with Gasteiger partial charge in [0.25, 0.3) is 0 Å². The fraction of sp³-hybridized carbons (Fsp3) is 0.593. The van der Waals surface area contributed by atoms with Crippen molar-refractivity contribution in [3.05, 3.63) is 35.4 Å². The van der Waals surface area contributed by atoms with Crippen LogP contribution in [0.4, 0.5) is 4.79 Å². The molecule has 0 aromatic heterocycles. The number of likely N-dealkylation sites (N-methyl/N-ethyl adjacent to an activating group) is 1. The number of hydrogen-bond acceptors (Lipinski definition) is 4. The summed E-state index contributed by atoms with van der Waals surface area (Å²) in [5.74, 6) is 1.73. The Morgan fingerprint density at radius 3 is 2.03 bits per heavy atom. The summed E-state index contributed by atoms with van der Waals surface area (Å²) in [6.45, 7) is 16.8. The van der Waals surface area contributed by atoms with E-state index in [2.05, 4.69) is 16.6 Å². The minimum absolute atomic E-state index is 0.177. The lowest BCUT2D eigenvalue weighted by Gasteiger charge is -2.36. The number of benzene rings is 1. The number of terminal acetylenes is 1. The Kier molecular flexibility index (Phi) is 10.2. The van der Waals surface area contributed by atoms with E-state index < -0.39 is 29.3 Å². The van der Waals surface area contributed by atoms with E-state index in [1.54, 1.807) is 45.0 Å². The fourth-order valence-electron chi connectivity index (χ4n) is 3.43. The van der Waals surface area contributed by atoms with Crippen molar-refractivity contribution in [2.75, 3.05) is 6.54 Å². The Balaban J connectivity index is 3.44. The zero-order valence-corrected chi connectivity index (χ0v) is 22.1. The van der Waals surface area contributed by atoms with Crippen molar-refractivity contribution in [3.63, 3.8) is 0 Å². The van der Waals surface area contributed by atoms with Crippen LogP contribution in [0.2, 0.25) is 0 Å². The van der Waals surface area contributed by atoms with Crippen LogP contribution in [0.25, 0.3) is 0 Å². The Morgan fingerprint density at radius 2 is 1.62 bits per heavy atom. The molecular formula is C27H41N3O4. The highest BCUT2D eigenvalue weighted by Crippen LogP contribution is 2.25. The van der Waals surface area contributed by atoms with Crippen LogP contribution in [0.3, 0.4) is 0 Å². The molecule has 7 nitrogen and oxygen atoms in total. The highest BCUT2D eigenvalue weighted by atomic mass is 16.6. The van der Waals surface area contributed by atoms with Crippen molar-refractivity contribution in [2.24, 2.45) is 5.92 Å². The molecule has 0 radical (unpaired) electrons. The van der Waals surface area contributed by atoms with Gasteiger partial charge in [0.2, 0.25) is 11.8 Å². The van der Waals surface area contributed by atoms with E-state index in [0.717, 1.165) is 0 Å². The van der Waals surface area contributed by atoms with Crippen LogP contribution in [0.1, 0.15) is 85.9 Å². The standard InChI is InChI=1S/C27H41N3O4/c1-11-18(4)21(28-25(33)34-27(8,9)10)24(32)30(13-3)22(23(31)29-26(5,6)7)20-16-14-19(12-2)15-17-20/h2,14-18,21-22H,11,13H2,1,3-10H3,(H,28,33)(H,29,31). The van der Waals surface area contributed by atoms with Crippen LogP contribution < -0.4 is 10.6 Å². The zero-order chi connectivity index (χ0) is 26.3. The number of nitrogens with zero attached hydrogens (tertiary/aromatic N) is 1. The predicted molar refractivity (Wildman–Crippen MR) is 135 cm³/mol. The maximum absolute atomic E-state index is 13.8. The monoisotopic (exact) mass is 471 g/mol. The quantitative estimate of drug-likeness (QED) is 0.550. The molecule has 0 aliphatic carbocycles. The minimum atomic E-state index is -0.893. The van der Waals surface area contributed by atoms with Gasteiger partial charge in [-0.2, -0.15) is 0 Å². The third-order valence-corrected chi connectivity index (χ3v) is 5.23. The summed E-state index contributed by atoms with van der Waals surface area (Å²) in [6, 6.07) is 5.27. The van der Waals surface area contributed by atoms with Gasteiger partial charge in [-0.25, -0.2) is 4.79 Å². The molecule has 1 aromatic carbocycles. The maximum Gasteiger partial charge on any atom is 0.408 e. The molecule has 0 bridgehead atoms. The average Bonchev–Trinajstić information content (AvgIpc) is 2.72. The molecule has 0 saturated carbocycles. The Morgan fingerprint density at radius 1 is 1.06 bits per heavy atom. The summed E-state index contributed by atoms with van der Waals surface area (Å²) in [6.07, 6.45) is 5.47. The normalized spacial score (nSPS) is 14.2. The van der Waals surface area contributed by atoms with Crippen molar-refractivity contribution in [1.29, 1.82) is 0 Å². The van der Waals surface area contributed by atoms with Crippen molar-refractivity contribution < 1.29 is 19.1 Å². The van der Waals surface area contributed by atoms with E-state index in [1.807, 2.05) is 41.5 Å². The van der Waals surface area contributed by atoms with Crippen molar-refractivity contribution >= 4 is 17.9 Å². The molecule has 7 heteroatoms. The van der Waals surface area contributed by atoms with Gasteiger partial charge in [-0.1, -0.05) is 38.3 Å². The molecule has 1 rings (SSSR count). The molecule has 3 amide bonds. The number of carbonyl (C=O) groups excluding carboxylic acids is 3. The second-order valence-electron chi connectivity index (χ2n) is 10.5. The van der Waals surface area contributed by atoms with Gasteiger partial charge in [0.1, 0.15) is 17.7 Å². The molecule has 0 saturated heterocycles. The number of carbonyl (C=O) groups is 3. The lowest BCUT2D eigenvalue weighted by Crippen LogP contribution is -2.56. The van der Waals surface area contributed by atoms with Crippen LogP contribution in [0.5, 0.6) is 0 Å². The third kappa shape index (κ3) is 8.74. The van der Waals surface area contributed by atoms with E-state index in [1.165, 1.54) is 4.90 Å². The molecule has 0 aliphatic rings. The van der Waals surface area contributed by atoms with Gasteiger partial charge >= 0.3 is 6.09 Å². The Bertz CT molecular complexity index is 888. The van der Waals surface area contributed by atoms with Gasteiger partial charge in [0.05, 0.1) is 0 Å². The van der Waals surface area contributed by atoms with Crippen LogP contribution in [-0.2, 0) is 14.3 Å². The summed E-state index contributed by atoms with van der Waals surface area (Å²) in [5, 5.41) is 5.72. The first kappa shape index (κ1) is 29.0. The van der Waals surface area contributed by atoms with Gasteiger partial charge in [0.15, 0.2) is 0 Å². The molecule has 0 heterocycles. The topological polar surface area (TPSA) is 87.7 Å². The highest BCUT2D eigenvalue weighted by Gasteiger charge is 2.38. The smallest absolute Gasteiger partial charge is 0.408 e. The number of alkyl carbamates (subject to hydrolysis) is 1. The predicted octanol–water partition coefficient (Wildman–Crippen LogP) is 4.41. The number of nitrogens with one attached hydrogen (secondary N) is 2.